The summed E-state index contributed by atoms with van der Waals surface area (Å²) in [6.07, 6.45) is 1.56. The number of amides is 1. The smallest absolute Gasteiger partial charge is 0.408 e. The summed E-state index contributed by atoms with van der Waals surface area (Å²) < 4.78 is 5.29. The minimum atomic E-state index is -0.426. The highest BCUT2D eigenvalue weighted by Gasteiger charge is 2.40. The maximum Gasteiger partial charge on any atom is 0.408 e. The minimum absolute atomic E-state index is 0.0693. The van der Waals surface area contributed by atoms with Crippen LogP contribution in [-0.2, 0) is 4.74 Å². The molecule has 1 aliphatic heterocycles. The lowest BCUT2D eigenvalue weighted by atomic mass is 9.92. The van der Waals surface area contributed by atoms with Crippen molar-refractivity contribution >= 4 is 6.09 Å². The highest BCUT2D eigenvalue weighted by atomic mass is 16.6. The van der Waals surface area contributed by atoms with Crippen LogP contribution in [0.3, 0.4) is 0 Å². The summed E-state index contributed by atoms with van der Waals surface area (Å²) in [5.74, 6) is 0. The van der Waals surface area contributed by atoms with Gasteiger partial charge in [-0.2, -0.15) is 0 Å². The standard InChI is InChI=1S/C16H24N2O2/c1-4-17-13(12-8-6-5-7-9-12)10-11-14-16(2,3)20-15(19)18-14/h5-9,13-14,17H,4,10-11H2,1-3H3,(H,18,19). The number of cyclic esters (lactones) is 1. The van der Waals surface area contributed by atoms with Crippen molar-refractivity contribution in [3.8, 4) is 0 Å². The molecule has 4 heteroatoms. The number of benzene rings is 1. The molecule has 2 unspecified atom stereocenters. The summed E-state index contributed by atoms with van der Waals surface area (Å²) in [4.78, 5) is 11.4. The van der Waals surface area contributed by atoms with E-state index in [9.17, 15) is 4.79 Å². The second kappa shape index (κ2) is 6.27. The molecule has 110 valence electrons. The molecular weight excluding hydrogens is 252 g/mol. The predicted octanol–water partition coefficient (Wildman–Crippen LogP) is 3.00. The van der Waals surface area contributed by atoms with Gasteiger partial charge in [-0.05, 0) is 38.8 Å². The SMILES string of the molecule is CCNC(CCC1NC(=O)OC1(C)C)c1ccccc1. The Balaban J connectivity index is 1.98. The van der Waals surface area contributed by atoms with Gasteiger partial charge in [0.05, 0.1) is 6.04 Å². The van der Waals surface area contributed by atoms with Crippen molar-refractivity contribution in [3.63, 3.8) is 0 Å². The molecule has 0 bridgehead atoms. The van der Waals surface area contributed by atoms with E-state index in [4.69, 9.17) is 4.74 Å². The minimum Gasteiger partial charge on any atom is -0.441 e. The van der Waals surface area contributed by atoms with Gasteiger partial charge in [-0.25, -0.2) is 4.79 Å². The highest BCUT2D eigenvalue weighted by Crippen LogP contribution is 2.28. The van der Waals surface area contributed by atoms with Gasteiger partial charge in [-0.1, -0.05) is 37.3 Å². The fourth-order valence-corrected chi connectivity index (χ4v) is 2.73. The molecule has 0 saturated carbocycles. The molecule has 2 atom stereocenters. The Hall–Kier alpha value is -1.55. The van der Waals surface area contributed by atoms with Gasteiger partial charge in [0.15, 0.2) is 0 Å². The van der Waals surface area contributed by atoms with Crippen molar-refractivity contribution in [1.29, 1.82) is 0 Å². The fraction of sp³-hybridized carbons (Fsp3) is 0.562. The molecule has 1 aromatic carbocycles. The van der Waals surface area contributed by atoms with Crippen molar-refractivity contribution < 1.29 is 9.53 Å². The molecule has 0 radical (unpaired) electrons. The van der Waals surface area contributed by atoms with Crippen LogP contribution in [0.2, 0.25) is 0 Å². The van der Waals surface area contributed by atoms with Gasteiger partial charge in [-0.3, -0.25) is 0 Å². The zero-order valence-corrected chi connectivity index (χ0v) is 12.5. The van der Waals surface area contributed by atoms with Crippen molar-refractivity contribution in [1.82, 2.24) is 10.6 Å². The maximum atomic E-state index is 11.4. The number of alkyl carbamates (subject to hydrolysis) is 1. The van der Waals surface area contributed by atoms with E-state index < -0.39 is 5.60 Å². The number of rotatable bonds is 6. The van der Waals surface area contributed by atoms with E-state index in [0.29, 0.717) is 6.04 Å². The number of nitrogens with one attached hydrogen (secondary N) is 2. The fourth-order valence-electron chi connectivity index (χ4n) is 2.73. The second-order valence-electron chi connectivity index (χ2n) is 5.79. The molecule has 1 fully saturated rings. The van der Waals surface area contributed by atoms with Gasteiger partial charge in [0, 0.05) is 6.04 Å². The summed E-state index contributed by atoms with van der Waals surface area (Å²) in [5, 5.41) is 6.41. The Kier molecular flexibility index (Phi) is 4.65. The zero-order valence-electron chi connectivity index (χ0n) is 12.5. The first-order chi connectivity index (χ1) is 9.53. The summed E-state index contributed by atoms with van der Waals surface area (Å²) >= 11 is 0. The summed E-state index contributed by atoms with van der Waals surface area (Å²) in [7, 11) is 0. The summed E-state index contributed by atoms with van der Waals surface area (Å²) in [6, 6.07) is 10.8. The van der Waals surface area contributed by atoms with Crippen LogP contribution in [0.4, 0.5) is 4.79 Å². The zero-order chi connectivity index (χ0) is 14.6. The Morgan fingerprint density at radius 2 is 2.05 bits per heavy atom. The van der Waals surface area contributed by atoms with Crippen LogP contribution in [0.15, 0.2) is 30.3 Å². The van der Waals surface area contributed by atoms with Crippen LogP contribution in [-0.4, -0.2) is 24.3 Å². The average molecular weight is 276 g/mol. The van der Waals surface area contributed by atoms with E-state index >= 15 is 0 Å². The Labute approximate surface area is 120 Å². The summed E-state index contributed by atoms with van der Waals surface area (Å²) in [5.41, 5.74) is 0.863. The van der Waals surface area contributed by atoms with E-state index in [1.807, 2.05) is 19.9 Å². The lowest BCUT2D eigenvalue weighted by Gasteiger charge is -2.26. The largest absolute Gasteiger partial charge is 0.441 e. The molecule has 20 heavy (non-hydrogen) atoms. The molecular formula is C16H24N2O2. The van der Waals surface area contributed by atoms with Crippen LogP contribution in [0.25, 0.3) is 0 Å². The quantitative estimate of drug-likeness (QED) is 0.839. The Morgan fingerprint density at radius 3 is 2.60 bits per heavy atom. The Bertz CT molecular complexity index is 445. The topological polar surface area (TPSA) is 50.4 Å². The molecule has 2 N–H and O–H groups in total. The number of ether oxygens (including phenoxy) is 1. The van der Waals surface area contributed by atoms with Crippen LogP contribution in [0.1, 0.15) is 45.2 Å². The normalized spacial score (nSPS) is 22.1. The third kappa shape index (κ3) is 3.51. The first-order valence-corrected chi connectivity index (χ1v) is 7.30. The van der Waals surface area contributed by atoms with Crippen LogP contribution in [0, 0.1) is 0 Å². The lowest BCUT2D eigenvalue weighted by Crippen LogP contribution is -2.39. The van der Waals surface area contributed by atoms with E-state index in [2.05, 4.69) is 41.8 Å². The van der Waals surface area contributed by atoms with Gasteiger partial charge < -0.3 is 15.4 Å². The second-order valence-corrected chi connectivity index (χ2v) is 5.79. The van der Waals surface area contributed by atoms with Gasteiger partial charge in [0.1, 0.15) is 5.60 Å². The molecule has 0 aromatic heterocycles. The first-order valence-electron chi connectivity index (χ1n) is 7.30. The van der Waals surface area contributed by atoms with E-state index in [-0.39, 0.29) is 12.1 Å². The van der Waals surface area contributed by atoms with Crippen molar-refractivity contribution in [2.24, 2.45) is 0 Å². The van der Waals surface area contributed by atoms with E-state index in [0.717, 1.165) is 19.4 Å². The van der Waals surface area contributed by atoms with E-state index in [1.54, 1.807) is 0 Å². The van der Waals surface area contributed by atoms with E-state index in [1.165, 1.54) is 5.56 Å². The highest BCUT2D eigenvalue weighted by molar-refractivity contribution is 5.70. The summed E-state index contributed by atoms with van der Waals surface area (Å²) in [6.45, 7) is 6.96. The van der Waals surface area contributed by atoms with Crippen molar-refractivity contribution in [2.75, 3.05) is 6.54 Å². The first kappa shape index (κ1) is 14.9. The Morgan fingerprint density at radius 1 is 1.35 bits per heavy atom. The molecule has 2 rings (SSSR count). The molecule has 4 nitrogen and oxygen atoms in total. The molecule has 0 aliphatic carbocycles. The third-order valence-electron chi connectivity index (χ3n) is 3.88. The number of hydrogen-bond donors (Lipinski definition) is 2. The number of carbonyl (C=O) groups excluding carboxylic acids is 1. The van der Waals surface area contributed by atoms with Gasteiger partial charge in [0.25, 0.3) is 0 Å². The number of hydrogen-bond acceptors (Lipinski definition) is 3. The molecule has 1 aliphatic rings. The van der Waals surface area contributed by atoms with Gasteiger partial charge in [-0.15, -0.1) is 0 Å². The maximum absolute atomic E-state index is 11.4. The molecule has 1 aromatic rings. The number of carbonyl (C=O) groups is 1. The molecule has 1 amide bonds. The van der Waals surface area contributed by atoms with Crippen LogP contribution in [0.5, 0.6) is 0 Å². The predicted molar refractivity (Wildman–Crippen MR) is 79.6 cm³/mol. The monoisotopic (exact) mass is 276 g/mol. The van der Waals surface area contributed by atoms with Crippen LogP contribution < -0.4 is 10.6 Å². The van der Waals surface area contributed by atoms with Crippen LogP contribution >= 0.6 is 0 Å². The molecule has 0 spiro atoms. The van der Waals surface area contributed by atoms with Gasteiger partial charge in [0.2, 0.25) is 0 Å². The molecule has 1 heterocycles. The van der Waals surface area contributed by atoms with Crippen molar-refractivity contribution in [2.45, 2.75) is 51.3 Å². The average Bonchev–Trinajstić information content (AvgIpc) is 2.68. The molecule has 1 saturated heterocycles. The van der Waals surface area contributed by atoms with Crippen molar-refractivity contribution in [3.05, 3.63) is 35.9 Å². The lowest BCUT2D eigenvalue weighted by molar-refractivity contribution is 0.0657. The third-order valence-corrected chi connectivity index (χ3v) is 3.88. The van der Waals surface area contributed by atoms with Gasteiger partial charge >= 0.3 is 6.09 Å².